The maximum atomic E-state index is 11.9. The van der Waals surface area contributed by atoms with Crippen LogP contribution < -0.4 is 0 Å². The van der Waals surface area contributed by atoms with Crippen LogP contribution in [0.25, 0.3) is 0 Å². The Bertz CT molecular complexity index is 584. The molecule has 1 saturated heterocycles. The molecule has 0 aromatic rings. The first-order chi connectivity index (χ1) is 11.5. The molecule has 7 atom stereocenters. The van der Waals surface area contributed by atoms with Crippen molar-refractivity contribution < 1.29 is 14.3 Å². The molecule has 1 heterocycles. The lowest BCUT2D eigenvalue weighted by Crippen LogP contribution is -2.53. The minimum absolute atomic E-state index is 0.0356. The van der Waals surface area contributed by atoms with Crippen molar-refractivity contribution in [2.45, 2.75) is 83.2 Å². The second-order valence-corrected chi connectivity index (χ2v) is 9.68. The van der Waals surface area contributed by atoms with Crippen LogP contribution in [0.5, 0.6) is 0 Å². The molecule has 0 N–H and O–H groups in total. The van der Waals surface area contributed by atoms with Gasteiger partial charge in [-0.2, -0.15) is 0 Å². The molecule has 0 radical (unpaired) electrons. The summed E-state index contributed by atoms with van der Waals surface area (Å²) >= 11 is 0. The fourth-order valence-electron chi connectivity index (χ4n) is 7.95. The summed E-state index contributed by atoms with van der Waals surface area (Å²) < 4.78 is 6.00. The zero-order chi connectivity index (χ0) is 16.5. The summed E-state index contributed by atoms with van der Waals surface area (Å²) in [5, 5.41) is 0. The van der Waals surface area contributed by atoms with E-state index in [1.165, 1.54) is 32.1 Å². The molecule has 0 unspecified atom stereocenters. The fourth-order valence-corrected chi connectivity index (χ4v) is 7.95. The van der Waals surface area contributed by atoms with Crippen molar-refractivity contribution in [2.75, 3.05) is 0 Å². The van der Waals surface area contributed by atoms with E-state index in [-0.39, 0.29) is 17.0 Å². The Hall–Kier alpha value is -0.860. The minimum atomic E-state index is -0.140. The van der Waals surface area contributed by atoms with Gasteiger partial charge >= 0.3 is 5.97 Å². The van der Waals surface area contributed by atoms with Crippen molar-refractivity contribution in [3.05, 3.63) is 0 Å². The molecule has 1 aliphatic heterocycles. The fraction of sp³-hybridized carbons (Fsp3) is 0.905. The van der Waals surface area contributed by atoms with Gasteiger partial charge in [0.2, 0.25) is 0 Å². The predicted molar refractivity (Wildman–Crippen MR) is 90.2 cm³/mol. The predicted octanol–water partition coefficient (Wildman–Crippen LogP) is 4.28. The van der Waals surface area contributed by atoms with E-state index in [0.29, 0.717) is 18.1 Å². The van der Waals surface area contributed by atoms with Crippen LogP contribution in [0, 0.1) is 35.0 Å². The van der Waals surface area contributed by atoms with Gasteiger partial charge in [0.1, 0.15) is 11.4 Å². The Kier molecular flexibility index (Phi) is 3.26. The highest BCUT2D eigenvalue weighted by Gasteiger charge is 2.66. The van der Waals surface area contributed by atoms with E-state index in [2.05, 4.69) is 6.92 Å². The van der Waals surface area contributed by atoms with Crippen molar-refractivity contribution in [3.63, 3.8) is 0 Å². The average molecular weight is 330 g/mol. The van der Waals surface area contributed by atoms with Gasteiger partial charge in [0, 0.05) is 24.7 Å². The quantitative estimate of drug-likeness (QED) is 0.623. The number of rotatable bonds is 0. The van der Waals surface area contributed by atoms with Gasteiger partial charge in [-0.1, -0.05) is 6.92 Å². The zero-order valence-corrected chi connectivity index (χ0v) is 14.9. The average Bonchev–Trinajstić information content (AvgIpc) is 3.08. The van der Waals surface area contributed by atoms with Gasteiger partial charge in [0.15, 0.2) is 0 Å². The highest BCUT2D eigenvalue weighted by molar-refractivity contribution is 5.79. The normalized spacial score (nSPS) is 53.5. The van der Waals surface area contributed by atoms with Crippen molar-refractivity contribution in [1.82, 2.24) is 0 Å². The van der Waals surface area contributed by atoms with Gasteiger partial charge in [0.25, 0.3) is 0 Å². The van der Waals surface area contributed by atoms with Gasteiger partial charge in [-0.25, -0.2) is 0 Å². The summed E-state index contributed by atoms with van der Waals surface area (Å²) in [5.74, 6) is 4.41. The lowest BCUT2D eigenvalue weighted by Gasteiger charge is -2.56. The van der Waals surface area contributed by atoms with Crippen LogP contribution in [0.4, 0.5) is 0 Å². The second kappa shape index (κ2) is 5.08. The molecule has 0 aromatic carbocycles. The first kappa shape index (κ1) is 15.4. The molecule has 24 heavy (non-hydrogen) atoms. The maximum absolute atomic E-state index is 11.9. The lowest BCUT2D eigenvalue weighted by atomic mass is 9.49. The highest BCUT2D eigenvalue weighted by atomic mass is 16.6. The highest BCUT2D eigenvalue weighted by Crippen LogP contribution is 2.67. The van der Waals surface area contributed by atoms with Crippen LogP contribution in [0.3, 0.4) is 0 Å². The van der Waals surface area contributed by atoms with Crippen LogP contribution in [-0.4, -0.2) is 17.4 Å². The molecule has 5 aliphatic rings. The Morgan fingerprint density at radius 1 is 0.875 bits per heavy atom. The molecule has 0 bridgehead atoms. The van der Waals surface area contributed by atoms with Crippen molar-refractivity contribution in [1.29, 1.82) is 0 Å². The summed E-state index contributed by atoms with van der Waals surface area (Å²) in [5.41, 5.74) is 0.0662. The number of carbonyl (C=O) groups is 2. The lowest BCUT2D eigenvalue weighted by molar-refractivity contribution is -0.168. The summed E-state index contributed by atoms with van der Waals surface area (Å²) in [7, 11) is 0. The van der Waals surface area contributed by atoms with Crippen LogP contribution in [0.15, 0.2) is 0 Å². The molecule has 0 aromatic heterocycles. The maximum Gasteiger partial charge on any atom is 0.306 e. The molecular weight excluding hydrogens is 300 g/mol. The van der Waals surface area contributed by atoms with Crippen LogP contribution >= 0.6 is 0 Å². The molecular formula is C21H30O3. The summed E-state index contributed by atoms with van der Waals surface area (Å²) in [6.45, 7) is 2.44. The molecule has 5 rings (SSSR count). The van der Waals surface area contributed by atoms with Gasteiger partial charge in [0.05, 0.1) is 0 Å². The number of ketones is 1. The van der Waals surface area contributed by atoms with E-state index in [4.69, 9.17) is 4.74 Å². The zero-order valence-electron chi connectivity index (χ0n) is 14.9. The first-order valence-corrected chi connectivity index (χ1v) is 10.3. The SMILES string of the molecule is C[C@]12CC[C@H]3[C@@H](CC[C@@H]4CC(=O)CC[C@@H]43)[C@@H]1CC[C@@]21CCC(=O)O1. The summed E-state index contributed by atoms with van der Waals surface area (Å²) in [6.07, 6.45) is 11.9. The minimum Gasteiger partial charge on any atom is -0.458 e. The number of ether oxygens (including phenoxy) is 1. The van der Waals surface area contributed by atoms with Crippen molar-refractivity contribution >= 4 is 11.8 Å². The number of fused-ring (bicyclic) bond motifs is 6. The molecule has 3 nitrogen and oxygen atoms in total. The molecule has 0 amide bonds. The number of hydrogen-bond acceptors (Lipinski definition) is 3. The Labute approximate surface area is 144 Å². The van der Waals surface area contributed by atoms with E-state index in [9.17, 15) is 9.59 Å². The van der Waals surface area contributed by atoms with Gasteiger partial charge < -0.3 is 4.74 Å². The molecule has 1 spiro atoms. The van der Waals surface area contributed by atoms with Gasteiger partial charge in [-0.05, 0) is 81.0 Å². The first-order valence-electron chi connectivity index (χ1n) is 10.3. The third-order valence-corrected chi connectivity index (χ3v) is 9.10. The van der Waals surface area contributed by atoms with Crippen LogP contribution in [0.2, 0.25) is 0 Å². The largest absolute Gasteiger partial charge is 0.458 e. The Balaban J connectivity index is 1.42. The number of esters is 1. The molecule has 3 heteroatoms. The van der Waals surface area contributed by atoms with Crippen LogP contribution in [-0.2, 0) is 14.3 Å². The molecule has 5 fully saturated rings. The smallest absolute Gasteiger partial charge is 0.306 e. The molecule has 132 valence electrons. The van der Waals surface area contributed by atoms with E-state index < -0.39 is 0 Å². The third kappa shape index (κ3) is 1.90. The van der Waals surface area contributed by atoms with Gasteiger partial charge in [-0.3, -0.25) is 9.59 Å². The van der Waals surface area contributed by atoms with E-state index in [0.717, 1.165) is 55.8 Å². The Morgan fingerprint density at radius 3 is 2.54 bits per heavy atom. The second-order valence-electron chi connectivity index (χ2n) is 9.68. The summed E-state index contributed by atoms with van der Waals surface area (Å²) in [4.78, 5) is 23.7. The van der Waals surface area contributed by atoms with Crippen molar-refractivity contribution in [3.8, 4) is 0 Å². The molecule has 4 aliphatic carbocycles. The number of carbonyl (C=O) groups excluding carboxylic acids is 2. The third-order valence-electron chi connectivity index (χ3n) is 9.10. The summed E-state index contributed by atoms with van der Waals surface area (Å²) in [6, 6.07) is 0. The topological polar surface area (TPSA) is 43.4 Å². The standard InChI is InChI=1S/C21H30O3/c1-20-9-6-16-15-5-3-14(22)12-13(15)2-4-17(16)18(20)7-10-21(20)11-8-19(23)24-21/h13,15-18H,2-12H2,1H3/t13-,15+,16-,17-,18+,20+,21-/m1/s1. The van der Waals surface area contributed by atoms with E-state index >= 15 is 0 Å². The number of hydrogen-bond donors (Lipinski definition) is 0. The molecule has 4 saturated carbocycles. The van der Waals surface area contributed by atoms with E-state index in [1.54, 1.807) is 0 Å². The Morgan fingerprint density at radius 2 is 1.75 bits per heavy atom. The van der Waals surface area contributed by atoms with Crippen molar-refractivity contribution in [2.24, 2.45) is 35.0 Å². The monoisotopic (exact) mass is 330 g/mol. The van der Waals surface area contributed by atoms with E-state index in [1.807, 2.05) is 0 Å². The van der Waals surface area contributed by atoms with Crippen LogP contribution in [0.1, 0.15) is 77.6 Å². The van der Waals surface area contributed by atoms with Gasteiger partial charge in [-0.15, -0.1) is 0 Å². The number of Topliss-reactive ketones (excluding diaryl/α,β-unsaturated/α-hetero) is 1.